The number of hydrogen-bond acceptors (Lipinski definition) is 5. The summed E-state index contributed by atoms with van der Waals surface area (Å²) in [5.41, 5.74) is 1.31. The van der Waals surface area contributed by atoms with E-state index in [2.05, 4.69) is 17.8 Å². The van der Waals surface area contributed by atoms with E-state index in [1.54, 1.807) is 32.0 Å². The van der Waals surface area contributed by atoms with Crippen LogP contribution in [0.25, 0.3) is 10.2 Å². The zero-order valence-corrected chi connectivity index (χ0v) is 17.5. The molecule has 0 atom stereocenters. The molecule has 1 heterocycles. The molecule has 28 heavy (non-hydrogen) atoms. The van der Waals surface area contributed by atoms with Gasteiger partial charge in [0.2, 0.25) is 0 Å². The maximum Gasteiger partial charge on any atom is 0.279 e. The van der Waals surface area contributed by atoms with Crippen molar-refractivity contribution in [2.45, 2.75) is 18.4 Å². The first-order valence-electron chi connectivity index (χ1n) is 8.62. The Morgan fingerprint density at radius 2 is 2.00 bits per heavy atom. The van der Waals surface area contributed by atoms with Crippen LogP contribution in [0.3, 0.4) is 0 Å². The van der Waals surface area contributed by atoms with Crippen LogP contribution < -0.4 is 14.3 Å². The molecule has 0 bridgehead atoms. The van der Waals surface area contributed by atoms with Crippen LogP contribution in [0.5, 0.6) is 11.5 Å². The minimum Gasteiger partial charge on any atom is -0.495 e. The zero-order valence-electron chi connectivity index (χ0n) is 15.9. The quantitative estimate of drug-likeness (QED) is 0.450. The summed E-state index contributed by atoms with van der Waals surface area (Å²) >= 11 is 3.03. The molecule has 3 aromatic rings. The van der Waals surface area contributed by atoms with Gasteiger partial charge in [0.15, 0.2) is 4.80 Å². The molecule has 0 fully saturated rings. The molecule has 0 saturated heterocycles. The molecule has 0 unspecified atom stereocenters. The van der Waals surface area contributed by atoms with Crippen LogP contribution in [0.1, 0.15) is 17.3 Å². The number of methoxy groups -OCH3 is 2. The van der Waals surface area contributed by atoms with Gasteiger partial charge in [-0.3, -0.25) is 4.79 Å². The van der Waals surface area contributed by atoms with Gasteiger partial charge in [-0.25, -0.2) is 0 Å². The summed E-state index contributed by atoms with van der Waals surface area (Å²) in [5.74, 6) is 4.59. The Bertz CT molecular complexity index is 1120. The number of fused-ring (bicyclic) bond motifs is 1. The molecule has 0 aliphatic rings. The fourth-order valence-corrected chi connectivity index (χ4v) is 4.67. The highest BCUT2D eigenvalue weighted by Crippen LogP contribution is 2.35. The number of hydrogen-bond donors (Lipinski definition) is 0. The number of nitrogens with zero attached hydrogens (tertiary/aromatic N) is 2. The standard InChI is InChI=1S/C21H20N2O3S2/c1-5-12-23-18-16(25-3)10-11-17(26-4)19(18)28-21(23)22-20(24)14-8-7-9-15(13-14)27-6-2/h1,7-11,13H,6,12H2,2-4H3. The Kier molecular flexibility index (Phi) is 6.45. The summed E-state index contributed by atoms with van der Waals surface area (Å²) in [6.45, 7) is 2.34. The highest BCUT2D eigenvalue weighted by Gasteiger charge is 2.16. The molecule has 144 valence electrons. The summed E-state index contributed by atoms with van der Waals surface area (Å²) in [5, 5.41) is 0. The van der Waals surface area contributed by atoms with Crippen molar-refractivity contribution in [2.24, 2.45) is 4.99 Å². The van der Waals surface area contributed by atoms with Crippen molar-refractivity contribution in [1.29, 1.82) is 0 Å². The maximum absolute atomic E-state index is 12.8. The number of terminal acetylenes is 1. The van der Waals surface area contributed by atoms with Crippen molar-refractivity contribution in [2.75, 3.05) is 20.0 Å². The van der Waals surface area contributed by atoms with Gasteiger partial charge >= 0.3 is 0 Å². The highest BCUT2D eigenvalue weighted by atomic mass is 32.2. The van der Waals surface area contributed by atoms with Crippen molar-refractivity contribution < 1.29 is 14.3 Å². The molecule has 0 radical (unpaired) electrons. The van der Waals surface area contributed by atoms with E-state index in [1.807, 2.05) is 34.9 Å². The lowest BCUT2D eigenvalue weighted by Gasteiger charge is -2.08. The normalized spacial score (nSPS) is 11.4. The number of rotatable bonds is 6. The zero-order chi connectivity index (χ0) is 20.1. The number of ether oxygens (including phenoxy) is 2. The predicted octanol–water partition coefficient (Wildman–Crippen LogP) is 4.21. The molecule has 1 amide bonds. The topological polar surface area (TPSA) is 52.8 Å². The molecule has 0 saturated carbocycles. The number of thiazole rings is 1. The number of benzene rings is 2. The second kappa shape index (κ2) is 9.00. The number of amides is 1. The summed E-state index contributed by atoms with van der Waals surface area (Å²) in [7, 11) is 3.20. The lowest BCUT2D eigenvalue weighted by atomic mass is 10.2. The fourth-order valence-electron chi connectivity index (χ4n) is 2.81. The molecule has 1 aromatic heterocycles. The highest BCUT2D eigenvalue weighted by molar-refractivity contribution is 7.99. The van der Waals surface area contributed by atoms with Gasteiger partial charge in [-0.2, -0.15) is 4.99 Å². The van der Waals surface area contributed by atoms with E-state index in [9.17, 15) is 4.79 Å². The average molecular weight is 413 g/mol. The largest absolute Gasteiger partial charge is 0.495 e. The lowest BCUT2D eigenvalue weighted by molar-refractivity contribution is 0.0997. The monoisotopic (exact) mass is 412 g/mol. The van der Waals surface area contributed by atoms with E-state index in [-0.39, 0.29) is 12.5 Å². The third kappa shape index (κ3) is 3.93. The van der Waals surface area contributed by atoms with Crippen LogP contribution in [0.15, 0.2) is 46.3 Å². The van der Waals surface area contributed by atoms with E-state index in [0.717, 1.165) is 20.9 Å². The number of thioether (sulfide) groups is 1. The van der Waals surface area contributed by atoms with Crippen LogP contribution in [0.2, 0.25) is 0 Å². The second-order valence-electron chi connectivity index (χ2n) is 5.70. The summed E-state index contributed by atoms with van der Waals surface area (Å²) in [6.07, 6.45) is 5.57. The van der Waals surface area contributed by atoms with Gasteiger partial charge in [-0.15, -0.1) is 18.2 Å². The smallest absolute Gasteiger partial charge is 0.279 e. The van der Waals surface area contributed by atoms with E-state index in [4.69, 9.17) is 15.9 Å². The van der Waals surface area contributed by atoms with Crippen molar-refractivity contribution in [3.8, 4) is 23.8 Å². The SMILES string of the molecule is C#CCn1c(=NC(=O)c2cccc(SCC)c2)sc2c(OC)ccc(OC)c21. The molecule has 7 heteroatoms. The van der Waals surface area contributed by atoms with Crippen LogP contribution in [-0.2, 0) is 6.54 Å². The molecule has 0 spiro atoms. The Morgan fingerprint density at radius 3 is 2.68 bits per heavy atom. The van der Waals surface area contributed by atoms with E-state index < -0.39 is 0 Å². The molecule has 0 N–H and O–H groups in total. The van der Waals surface area contributed by atoms with Gasteiger partial charge in [-0.1, -0.05) is 30.2 Å². The van der Waals surface area contributed by atoms with E-state index in [1.165, 1.54) is 11.3 Å². The maximum atomic E-state index is 12.8. The van der Waals surface area contributed by atoms with Gasteiger partial charge in [0.1, 0.15) is 21.7 Å². The van der Waals surface area contributed by atoms with Crippen LogP contribution in [0, 0.1) is 12.3 Å². The Balaban J connectivity index is 2.19. The molecule has 2 aromatic carbocycles. The Labute approximate surface area is 172 Å². The van der Waals surface area contributed by atoms with Crippen LogP contribution >= 0.6 is 23.1 Å². The van der Waals surface area contributed by atoms with E-state index in [0.29, 0.717) is 21.9 Å². The first kappa shape index (κ1) is 20.1. The Hall–Kier alpha value is -2.69. The van der Waals surface area contributed by atoms with Crippen molar-refractivity contribution in [3.05, 3.63) is 46.8 Å². The number of aromatic nitrogens is 1. The Morgan fingerprint density at radius 1 is 1.25 bits per heavy atom. The van der Waals surface area contributed by atoms with E-state index >= 15 is 0 Å². The van der Waals surface area contributed by atoms with Gasteiger partial charge < -0.3 is 14.0 Å². The lowest BCUT2D eigenvalue weighted by Crippen LogP contribution is -2.16. The summed E-state index contributed by atoms with van der Waals surface area (Å²) in [4.78, 5) is 18.7. The first-order valence-corrected chi connectivity index (χ1v) is 10.4. The summed E-state index contributed by atoms with van der Waals surface area (Å²) in [6, 6.07) is 11.1. The van der Waals surface area contributed by atoms with Gasteiger partial charge in [0.25, 0.3) is 5.91 Å². The minimum atomic E-state index is -0.311. The average Bonchev–Trinajstić information content (AvgIpc) is 3.06. The van der Waals surface area contributed by atoms with Crippen molar-refractivity contribution in [1.82, 2.24) is 4.57 Å². The van der Waals surface area contributed by atoms with Crippen molar-refractivity contribution >= 4 is 39.2 Å². The number of carbonyl (C=O) groups excluding carboxylic acids is 1. The van der Waals surface area contributed by atoms with Crippen molar-refractivity contribution in [3.63, 3.8) is 0 Å². The molecular weight excluding hydrogens is 392 g/mol. The molecule has 5 nitrogen and oxygen atoms in total. The molecular formula is C21H20N2O3S2. The minimum absolute atomic E-state index is 0.265. The first-order chi connectivity index (χ1) is 13.6. The number of carbonyl (C=O) groups is 1. The predicted molar refractivity (Wildman–Crippen MR) is 114 cm³/mol. The summed E-state index contributed by atoms with van der Waals surface area (Å²) < 4.78 is 13.6. The van der Waals surface area contributed by atoms with Gasteiger partial charge in [0, 0.05) is 10.5 Å². The fraction of sp³-hybridized carbons (Fsp3) is 0.238. The van der Waals surface area contributed by atoms with Gasteiger partial charge in [-0.05, 0) is 36.1 Å². The third-order valence-corrected chi connectivity index (χ3v) is 6.00. The molecule has 3 rings (SSSR count). The van der Waals surface area contributed by atoms with Crippen LogP contribution in [-0.4, -0.2) is 30.4 Å². The second-order valence-corrected chi connectivity index (χ2v) is 8.02. The van der Waals surface area contributed by atoms with Gasteiger partial charge in [0.05, 0.1) is 20.8 Å². The molecule has 0 aliphatic heterocycles. The third-order valence-electron chi connectivity index (χ3n) is 4.03. The van der Waals surface area contributed by atoms with Crippen LogP contribution in [0.4, 0.5) is 0 Å². The molecule has 0 aliphatic carbocycles.